The van der Waals surface area contributed by atoms with Gasteiger partial charge < -0.3 is 10.2 Å². The third-order valence-corrected chi connectivity index (χ3v) is 3.39. The van der Waals surface area contributed by atoms with Crippen molar-refractivity contribution in [3.63, 3.8) is 0 Å². The molecule has 0 fully saturated rings. The third-order valence-electron chi connectivity index (χ3n) is 2.53. The van der Waals surface area contributed by atoms with Crippen LogP contribution in [0.3, 0.4) is 0 Å². The van der Waals surface area contributed by atoms with Crippen LogP contribution in [0.5, 0.6) is 11.5 Å². The number of amides is 1. The number of nitrogens with one attached hydrogen (secondary N) is 1. The van der Waals surface area contributed by atoms with Crippen molar-refractivity contribution in [1.82, 2.24) is 10.2 Å². The molecule has 0 atom stereocenters. The molecule has 1 amide bonds. The summed E-state index contributed by atoms with van der Waals surface area (Å²) >= 11 is 1.30. The molecule has 0 radical (unpaired) electrons. The molecule has 0 spiro atoms. The van der Waals surface area contributed by atoms with Crippen molar-refractivity contribution < 1.29 is 15.0 Å². The molecule has 0 saturated heterocycles. The molecule has 0 unspecified atom stereocenters. The zero-order chi connectivity index (χ0) is 14.7. The molecule has 0 aliphatic heterocycles. The molecule has 0 aliphatic carbocycles. The molecule has 7 heteroatoms. The van der Waals surface area contributed by atoms with Crippen molar-refractivity contribution in [2.75, 3.05) is 5.32 Å². The lowest BCUT2D eigenvalue weighted by molar-refractivity contribution is 0.102. The maximum absolute atomic E-state index is 12.0. The molecule has 2 aromatic rings. The van der Waals surface area contributed by atoms with Crippen molar-refractivity contribution in [2.45, 2.75) is 20.3 Å². The summed E-state index contributed by atoms with van der Waals surface area (Å²) in [4.78, 5) is 12.0. The van der Waals surface area contributed by atoms with Crippen LogP contribution in [0, 0.1) is 5.92 Å². The molecule has 0 saturated carbocycles. The molecule has 3 N–H and O–H groups in total. The van der Waals surface area contributed by atoms with Crippen LogP contribution in [0.4, 0.5) is 5.13 Å². The number of aromatic hydroxyl groups is 2. The Hall–Kier alpha value is -2.15. The predicted molar refractivity (Wildman–Crippen MR) is 76.2 cm³/mol. The standard InChI is InChI=1S/C13H15N3O3S/c1-7(2)6-10-15-16-13(20-10)14-12(19)8-4-3-5-9(17)11(8)18/h3-5,7,17-18H,6H2,1-2H3,(H,14,16,19). The van der Waals surface area contributed by atoms with E-state index >= 15 is 0 Å². The Morgan fingerprint density at radius 1 is 1.35 bits per heavy atom. The maximum Gasteiger partial charge on any atom is 0.261 e. The zero-order valence-corrected chi connectivity index (χ0v) is 11.9. The SMILES string of the molecule is CC(C)Cc1nnc(NC(=O)c2cccc(O)c2O)s1. The van der Waals surface area contributed by atoms with Gasteiger partial charge in [0.1, 0.15) is 5.01 Å². The van der Waals surface area contributed by atoms with Crippen LogP contribution in [0.1, 0.15) is 29.2 Å². The number of carbonyl (C=O) groups excluding carboxylic acids is 1. The highest BCUT2D eigenvalue weighted by Crippen LogP contribution is 2.29. The molecule has 0 bridgehead atoms. The largest absolute Gasteiger partial charge is 0.504 e. The van der Waals surface area contributed by atoms with Crippen LogP contribution in [-0.4, -0.2) is 26.3 Å². The highest BCUT2D eigenvalue weighted by Gasteiger charge is 2.16. The van der Waals surface area contributed by atoms with Gasteiger partial charge in [0.25, 0.3) is 5.91 Å². The second-order valence-corrected chi connectivity index (χ2v) is 5.79. The fourth-order valence-electron chi connectivity index (χ4n) is 1.61. The molecular weight excluding hydrogens is 278 g/mol. The van der Waals surface area contributed by atoms with Gasteiger partial charge >= 0.3 is 0 Å². The van der Waals surface area contributed by atoms with E-state index in [1.54, 1.807) is 0 Å². The summed E-state index contributed by atoms with van der Waals surface area (Å²) < 4.78 is 0. The summed E-state index contributed by atoms with van der Waals surface area (Å²) in [6.07, 6.45) is 0.797. The van der Waals surface area contributed by atoms with Gasteiger partial charge in [0, 0.05) is 6.42 Å². The van der Waals surface area contributed by atoms with Crippen LogP contribution >= 0.6 is 11.3 Å². The summed E-state index contributed by atoms with van der Waals surface area (Å²) in [5.74, 6) is -0.861. The first-order valence-corrected chi connectivity index (χ1v) is 6.93. The predicted octanol–water partition coefficient (Wildman–Crippen LogP) is 2.40. The van der Waals surface area contributed by atoms with Crippen LogP contribution in [-0.2, 0) is 6.42 Å². The first-order chi connectivity index (χ1) is 9.47. The van der Waals surface area contributed by atoms with E-state index in [4.69, 9.17) is 0 Å². The number of phenols is 2. The van der Waals surface area contributed by atoms with Crippen LogP contribution in [0.2, 0.25) is 0 Å². The van der Waals surface area contributed by atoms with Crippen molar-refractivity contribution in [3.8, 4) is 11.5 Å². The van der Waals surface area contributed by atoms with Gasteiger partial charge in [-0.1, -0.05) is 31.3 Å². The highest BCUT2D eigenvalue weighted by atomic mass is 32.1. The number of hydrogen-bond donors (Lipinski definition) is 3. The Morgan fingerprint density at radius 2 is 2.10 bits per heavy atom. The quantitative estimate of drug-likeness (QED) is 0.752. The van der Waals surface area contributed by atoms with Gasteiger partial charge in [0.05, 0.1) is 5.56 Å². The maximum atomic E-state index is 12.0. The minimum atomic E-state index is -0.536. The van der Waals surface area contributed by atoms with Gasteiger partial charge in [-0.05, 0) is 18.1 Å². The number of aromatic nitrogens is 2. The second kappa shape index (κ2) is 5.87. The Morgan fingerprint density at radius 3 is 2.80 bits per heavy atom. The van der Waals surface area contributed by atoms with Gasteiger partial charge in [0.2, 0.25) is 5.13 Å². The van der Waals surface area contributed by atoms with Gasteiger partial charge in [0.15, 0.2) is 11.5 Å². The van der Waals surface area contributed by atoms with Crippen LogP contribution < -0.4 is 5.32 Å². The zero-order valence-electron chi connectivity index (χ0n) is 11.1. The van der Waals surface area contributed by atoms with Crippen molar-refractivity contribution in [2.24, 2.45) is 5.92 Å². The molecule has 6 nitrogen and oxygen atoms in total. The van der Waals surface area contributed by atoms with Crippen LogP contribution in [0.15, 0.2) is 18.2 Å². The van der Waals surface area contributed by atoms with E-state index in [0.29, 0.717) is 11.0 Å². The number of hydrogen-bond acceptors (Lipinski definition) is 6. The molecule has 1 aromatic heterocycles. The second-order valence-electron chi connectivity index (χ2n) is 4.73. The van der Waals surface area contributed by atoms with Gasteiger partial charge in [-0.25, -0.2) is 0 Å². The Bertz CT molecular complexity index is 625. The summed E-state index contributed by atoms with van der Waals surface area (Å²) in [7, 11) is 0. The lowest BCUT2D eigenvalue weighted by Crippen LogP contribution is -2.11. The Labute approximate surface area is 120 Å². The first kappa shape index (κ1) is 14.3. The fraction of sp³-hybridized carbons (Fsp3) is 0.308. The highest BCUT2D eigenvalue weighted by molar-refractivity contribution is 7.15. The summed E-state index contributed by atoms with van der Waals surface area (Å²) in [6.45, 7) is 4.15. The average Bonchev–Trinajstić information content (AvgIpc) is 2.79. The fourth-order valence-corrected chi connectivity index (χ4v) is 2.56. The number of carbonyl (C=O) groups is 1. The van der Waals surface area contributed by atoms with E-state index in [2.05, 4.69) is 29.4 Å². The van der Waals surface area contributed by atoms with Gasteiger partial charge in [-0.2, -0.15) is 0 Å². The van der Waals surface area contributed by atoms with Crippen LogP contribution in [0.25, 0.3) is 0 Å². The minimum absolute atomic E-state index is 0.00869. The molecule has 1 heterocycles. The minimum Gasteiger partial charge on any atom is -0.504 e. The third kappa shape index (κ3) is 3.24. The summed E-state index contributed by atoms with van der Waals surface area (Å²) in [5, 5.41) is 30.6. The number of nitrogens with zero attached hydrogens (tertiary/aromatic N) is 2. The molecule has 1 aromatic carbocycles. The smallest absolute Gasteiger partial charge is 0.261 e. The normalized spacial score (nSPS) is 10.8. The average molecular weight is 293 g/mol. The first-order valence-electron chi connectivity index (χ1n) is 6.12. The molecule has 20 heavy (non-hydrogen) atoms. The van der Waals surface area contributed by atoms with Crippen molar-refractivity contribution >= 4 is 22.4 Å². The van der Waals surface area contributed by atoms with E-state index in [9.17, 15) is 15.0 Å². The molecule has 106 valence electrons. The van der Waals surface area contributed by atoms with E-state index in [-0.39, 0.29) is 11.3 Å². The van der Waals surface area contributed by atoms with Gasteiger partial charge in [-0.15, -0.1) is 10.2 Å². The number of rotatable bonds is 4. The van der Waals surface area contributed by atoms with E-state index < -0.39 is 11.7 Å². The van der Waals surface area contributed by atoms with Crippen molar-refractivity contribution in [3.05, 3.63) is 28.8 Å². The number of anilines is 1. The Kier molecular flexibility index (Phi) is 4.19. The lowest BCUT2D eigenvalue weighted by atomic mass is 10.1. The van der Waals surface area contributed by atoms with E-state index in [0.717, 1.165) is 11.4 Å². The monoisotopic (exact) mass is 293 g/mol. The van der Waals surface area contributed by atoms with E-state index in [1.807, 2.05) is 0 Å². The topological polar surface area (TPSA) is 95.3 Å². The molecule has 2 rings (SSSR count). The molecular formula is C13H15N3O3S. The number of para-hydroxylation sites is 1. The summed E-state index contributed by atoms with van der Waals surface area (Å²) in [5.41, 5.74) is -0.00869. The number of benzene rings is 1. The lowest BCUT2D eigenvalue weighted by Gasteiger charge is -2.04. The van der Waals surface area contributed by atoms with E-state index in [1.165, 1.54) is 29.5 Å². The number of phenolic OH excluding ortho intramolecular Hbond substituents is 2. The van der Waals surface area contributed by atoms with Gasteiger partial charge in [-0.3, -0.25) is 10.1 Å². The van der Waals surface area contributed by atoms with Crippen molar-refractivity contribution in [1.29, 1.82) is 0 Å². The Balaban J connectivity index is 2.11. The summed E-state index contributed by atoms with van der Waals surface area (Å²) in [6, 6.07) is 4.20. The molecule has 0 aliphatic rings.